The van der Waals surface area contributed by atoms with E-state index in [0.717, 1.165) is 139 Å². The summed E-state index contributed by atoms with van der Waals surface area (Å²) in [7, 11) is 0. The molecule has 696 valence electrons. The molecule has 0 saturated carbocycles. The second-order valence-corrected chi connectivity index (χ2v) is 43.9. The minimum atomic E-state index is -0.155. The number of fused-ring (bicyclic) bond motifs is 31. The van der Waals surface area contributed by atoms with Crippen LogP contribution in [0.15, 0.2) is 437 Å². The van der Waals surface area contributed by atoms with E-state index in [4.69, 9.17) is 9.97 Å². The van der Waals surface area contributed by atoms with Crippen molar-refractivity contribution in [2.75, 3.05) is 0 Å². The molecule has 4 aliphatic rings. The van der Waals surface area contributed by atoms with Gasteiger partial charge < -0.3 is 18.3 Å². The molecule has 0 saturated heterocycles. The summed E-state index contributed by atoms with van der Waals surface area (Å²) < 4.78 is 14.7. The fraction of sp³-hybridized carbons (Fsp3) is 0.0857. The molecule has 7 aromatic heterocycles. The van der Waals surface area contributed by atoms with Crippen LogP contribution in [-0.2, 0) is 21.7 Å². The van der Waals surface area contributed by atoms with Crippen molar-refractivity contribution in [1.82, 2.24) is 37.4 Å². The van der Waals surface area contributed by atoms with Crippen molar-refractivity contribution in [3.63, 3.8) is 0 Å². The van der Waals surface area contributed by atoms with Crippen molar-refractivity contribution in [2.45, 2.75) is 77.0 Å². The Morgan fingerprint density at radius 2 is 0.351 bits per heavy atom. The lowest BCUT2D eigenvalue weighted by Gasteiger charge is -2.22. The average molecular weight is 1890 g/mol. The van der Waals surface area contributed by atoms with E-state index in [9.17, 15) is 0 Å². The maximum absolute atomic E-state index is 6.13. The Balaban J connectivity index is 0.582. The maximum Gasteiger partial charge on any atom is 0.237 e. The summed E-state index contributed by atoms with van der Waals surface area (Å²) in [6.07, 6.45) is 0. The van der Waals surface area contributed by atoms with Gasteiger partial charge in [-0.15, -0.1) is 0 Å². The van der Waals surface area contributed by atoms with Gasteiger partial charge in [0.2, 0.25) is 5.95 Å². The van der Waals surface area contributed by atoms with Gasteiger partial charge >= 0.3 is 0 Å². The van der Waals surface area contributed by atoms with Gasteiger partial charge in [-0.1, -0.05) is 310 Å². The number of nitrogens with zero attached hydrogens (tertiary/aromatic N) is 8. The SMILES string of the molecule is CC1(C)c2ccccc2-c2ccc(-n3c4ccccc4c4cc(-c5ccc6c(c5)c5cc(-c7ccc8c(c7)c7ccccc7n8-c7ccc8c(c7)C(C)(C)c7ccccc7-8)ccc5n6-c5nc(-n6c7ccc(-c8ccc9c(c8)c8ccccc8n9-c8ccc9c(c8)C(C)(C)c8ccccc8-9)cc7c7cc(-c8ccc9c(c8)c8ccccc8n9-c8ccc9c(c8)C(C)(C)c8ccccc8-9)ccc76)c6ccccc6n5)ccc43)cc21. The second kappa shape index (κ2) is 29.8. The minimum absolute atomic E-state index is 0.155. The van der Waals surface area contributed by atoms with Gasteiger partial charge in [0, 0.05) is 114 Å². The smallest absolute Gasteiger partial charge is 0.237 e. The van der Waals surface area contributed by atoms with Crippen LogP contribution in [0, 0.1) is 0 Å². The van der Waals surface area contributed by atoms with Crippen LogP contribution in [0.5, 0.6) is 0 Å². The van der Waals surface area contributed by atoms with Gasteiger partial charge in [0.1, 0.15) is 0 Å². The summed E-state index contributed by atoms with van der Waals surface area (Å²) in [4.78, 5) is 11.9. The summed E-state index contributed by atoms with van der Waals surface area (Å²) >= 11 is 0. The van der Waals surface area contributed by atoms with Crippen molar-refractivity contribution in [3.05, 3.63) is 481 Å². The predicted octanol–water partition coefficient (Wildman–Crippen LogP) is 36.1. The third kappa shape index (κ3) is 11.4. The summed E-state index contributed by atoms with van der Waals surface area (Å²) in [5.74, 6) is 1.36. The molecule has 0 radical (unpaired) electrons. The monoisotopic (exact) mass is 1890 g/mol. The maximum atomic E-state index is 6.13. The van der Waals surface area contributed by atoms with E-state index in [-0.39, 0.29) is 21.7 Å². The molecule has 7 heterocycles. The van der Waals surface area contributed by atoms with E-state index in [1.165, 1.54) is 165 Å². The molecule has 148 heavy (non-hydrogen) atoms. The molecule has 0 bridgehead atoms. The van der Waals surface area contributed by atoms with Crippen LogP contribution < -0.4 is 0 Å². The molecule has 0 amide bonds. The molecule has 8 heteroatoms. The molecular formula is C140H96N8. The first-order valence-electron chi connectivity index (χ1n) is 52.0. The number of hydrogen-bond donors (Lipinski definition) is 0. The molecule has 0 fully saturated rings. The van der Waals surface area contributed by atoms with E-state index in [1.54, 1.807) is 0 Å². The molecule has 4 aliphatic carbocycles. The van der Waals surface area contributed by atoms with Crippen molar-refractivity contribution in [2.24, 2.45) is 0 Å². The molecule has 0 atom stereocenters. The molecule has 0 unspecified atom stereocenters. The number of aromatic nitrogens is 8. The molecule has 28 aromatic rings. The molecule has 8 nitrogen and oxygen atoms in total. The van der Waals surface area contributed by atoms with Crippen molar-refractivity contribution < 1.29 is 0 Å². The Labute approximate surface area is 854 Å². The highest BCUT2D eigenvalue weighted by atomic mass is 15.2. The standard InChI is InChI=1S/C140H96N8/c1-137(2)114-36-18-9-27-93(114)97-57-53-89(77-118(97)137)143-123-41-23-14-31-101(123)106-69-81(45-61-127(106)143)85-49-65-131-110(73-85)111-74-86(82-46-62-128-107(70-82)102-32-15-24-42-124(102)144(128)90-54-58-98-94-28-10-19-37-115(94)138(3,4)119(98)78-90)50-66-132(111)147(131)135-105-35-13-22-40-122(105)141-136(142-135)148-133-67-51-87(83-47-63-129-108(71-83)103-33-16-25-43-125(103)145(129)91-55-59-99-95-29-11-20-38-116(95)139(5,6)120(99)79-91)75-112(133)113-76-88(52-68-134(113)148)84-48-64-130-109(72-84)104-34-17-26-44-126(104)146(130)92-56-60-100-96-30-12-21-39-117(96)140(7,8)121(100)80-92/h9-80H,1-8H3. The topological polar surface area (TPSA) is 55.4 Å². The van der Waals surface area contributed by atoms with Gasteiger partial charge in [0.15, 0.2) is 5.82 Å². The Bertz CT molecular complexity index is 10300. The number of benzene rings is 21. The van der Waals surface area contributed by atoms with Crippen LogP contribution in [0.3, 0.4) is 0 Å². The van der Waals surface area contributed by atoms with Crippen LogP contribution >= 0.6 is 0 Å². The molecule has 21 aromatic carbocycles. The van der Waals surface area contributed by atoms with Gasteiger partial charge in [-0.25, -0.2) is 4.98 Å². The van der Waals surface area contributed by atoms with Crippen LogP contribution in [-0.4, -0.2) is 37.4 Å². The highest BCUT2D eigenvalue weighted by molar-refractivity contribution is 6.19. The Morgan fingerprint density at radius 3 is 0.622 bits per heavy atom. The first kappa shape index (κ1) is 83.2. The van der Waals surface area contributed by atoms with E-state index in [2.05, 4.69) is 520 Å². The zero-order valence-electron chi connectivity index (χ0n) is 83.1. The fourth-order valence-corrected chi connectivity index (χ4v) is 27.6. The lowest BCUT2D eigenvalue weighted by Crippen LogP contribution is -2.15. The third-order valence-electron chi connectivity index (χ3n) is 34.8. The van der Waals surface area contributed by atoms with E-state index < -0.39 is 0 Å². The van der Waals surface area contributed by atoms with Crippen LogP contribution in [0.25, 0.3) is 265 Å². The van der Waals surface area contributed by atoms with Gasteiger partial charge in [0.25, 0.3) is 0 Å². The Kier molecular flexibility index (Phi) is 16.7. The van der Waals surface area contributed by atoms with E-state index in [1.807, 2.05) is 0 Å². The molecule has 0 N–H and O–H groups in total. The second-order valence-electron chi connectivity index (χ2n) is 43.9. The number of para-hydroxylation sites is 5. The summed E-state index contributed by atoms with van der Waals surface area (Å²) in [5, 5.41) is 15.0. The van der Waals surface area contributed by atoms with Crippen LogP contribution in [0.1, 0.15) is 99.9 Å². The first-order chi connectivity index (χ1) is 72.4. The van der Waals surface area contributed by atoms with Gasteiger partial charge in [0.05, 0.1) is 71.7 Å². The first-order valence-corrected chi connectivity index (χ1v) is 52.0. The predicted molar refractivity (Wildman–Crippen MR) is 618 cm³/mol. The van der Waals surface area contributed by atoms with Crippen molar-refractivity contribution >= 4 is 142 Å². The Morgan fingerprint density at radius 1 is 0.149 bits per heavy atom. The summed E-state index contributed by atoms with van der Waals surface area (Å²) in [6.45, 7) is 19.0. The van der Waals surface area contributed by atoms with E-state index in [0.29, 0.717) is 5.95 Å². The molecule has 32 rings (SSSR count). The van der Waals surface area contributed by atoms with Crippen molar-refractivity contribution in [3.8, 4) is 124 Å². The lowest BCUT2D eigenvalue weighted by molar-refractivity contribution is 0.660. The summed E-state index contributed by atoms with van der Waals surface area (Å²) in [5.41, 5.74) is 48.7. The minimum Gasteiger partial charge on any atom is -0.309 e. The third-order valence-corrected chi connectivity index (χ3v) is 34.8. The van der Waals surface area contributed by atoms with Gasteiger partial charge in [-0.3, -0.25) is 9.13 Å². The fourth-order valence-electron chi connectivity index (χ4n) is 27.6. The number of rotatable bonds is 10. The zero-order valence-corrected chi connectivity index (χ0v) is 83.1. The van der Waals surface area contributed by atoms with Gasteiger partial charge in [-0.2, -0.15) is 4.98 Å². The lowest BCUT2D eigenvalue weighted by atomic mass is 9.82. The van der Waals surface area contributed by atoms with E-state index >= 15 is 0 Å². The quantitative estimate of drug-likeness (QED) is 0.137. The molecule has 0 spiro atoms. The van der Waals surface area contributed by atoms with Crippen molar-refractivity contribution in [1.29, 1.82) is 0 Å². The molecule has 0 aliphatic heterocycles. The zero-order chi connectivity index (χ0) is 98.1. The van der Waals surface area contributed by atoms with Crippen LogP contribution in [0.2, 0.25) is 0 Å². The summed E-state index contributed by atoms with van der Waals surface area (Å²) in [6, 6.07) is 166. The molecular weight excluding hydrogens is 1790 g/mol. The van der Waals surface area contributed by atoms with Gasteiger partial charge in [-0.05, 0) is 316 Å². The Hall–Kier alpha value is -18.2. The largest absolute Gasteiger partial charge is 0.309 e. The highest BCUT2D eigenvalue weighted by Gasteiger charge is 2.41. The normalized spacial score (nSPS) is 14.3. The highest BCUT2D eigenvalue weighted by Crippen LogP contribution is 2.57. The number of hydrogen-bond acceptors (Lipinski definition) is 2. The average Bonchev–Trinajstić information content (AvgIpc) is 1.57. The van der Waals surface area contributed by atoms with Crippen LogP contribution in [0.4, 0.5) is 0 Å².